The molecule has 4 rings (SSSR count). The van der Waals surface area contributed by atoms with E-state index in [4.69, 9.17) is 0 Å². The van der Waals surface area contributed by atoms with E-state index in [1.165, 1.54) is 10.8 Å². The molecule has 0 saturated carbocycles. The second-order valence-electron chi connectivity index (χ2n) is 5.87. The van der Waals surface area contributed by atoms with E-state index in [0.29, 0.717) is 0 Å². The third-order valence-electron chi connectivity index (χ3n) is 4.20. The van der Waals surface area contributed by atoms with Crippen LogP contribution in [0, 0.1) is 6.92 Å². The van der Waals surface area contributed by atoms with E-state index >= 15 is 0 Å². The van der Waals surface area contributed by atoms with E-state index in [1.807, 2.05) is 18.2 Å². The third-order valence-corrected chi connectivity index (χ3v) is 4.20. The molecule has 0 fully saturated rings. The van der Waals surface area contributed by atoms with Crippen molar-refractivity contribution >= 4 is 27.8 Å². The first-order valence-corrected chi connectivity index (χ1v) is 8.07. The van der Waals surface area contributed by atoms with Crippen LogP contribution < -0.4 is 4.90 Å². The first-order chi connectivity index (χ1) is 11.8. The van der Waals surface area contributed by atoms with Crippen molar-refractivity contribution in [2.75, 3.05) is 4.90 Å². The standard InChI is InChI=1S/C23H18N/c1-18-11-14-22(15-12-18)24(21-9-3-2-4-10-21)23-16-13-19-7-5-6-8-20(19)17-23/h2-17H,1H2. The van der Waals surface area contributed by atoms with Crippen LogP contribution in [0.15, 0.2) is 97.1 Å². The summed E-state index contributed by atoms with van der Waals surface area (Å²) in [6, 6.07) is 33.8. The molecule has 0 aliphatic carbocycles. The lowest BCUT2D eigenvalue weighted by Crippen LogP contribution is -2.09. The molecule has 0 aliphatic heterocycles. The highest BCUT2D eigenvalue weighted by Crippen LogP contribution is 2.35. The smallest absolute Gasteiger partial charge is 0.0468 e. The number of hydrogen-bond donors (Lipinski definition) is 0. The molecule has 0 saturated heterocycles. The quantitative estimate of drug-likeness (QED) is 0.418. The molecule has 0 heterocycles. The summed E-state index contributed by atoms with van der Waals surface area (Å²) in [5.41, 5.74) is 4.44. The van der Waals surface area contributed by atoms with Crippen molar-refractivity contribution in [3.05, 3.63) is 110 Å². The van der Waals surface area contributed by atoms with Crippen molar-refractivity contribution in [3.63, 3.8) is 0 Å². The van der Waals surface area contributed by atoms with Crippen molar-refractivity contribution in [2.24, 2.45) is 0 Å². The lowest BCUT2D eigenvalue weighted by molar-refractivity contribution is 1.29. The van der Waals surface area contributed by atoms with Crippen LogP contribution in [0.25, 0.3) is 10.8 Å². The van der Waals surface area contributed by atoms with Gasteiger partial charge in [0.05, 0.1) is 0 Å². The topological polar surface area (TPSA) is 3.24 Å². The van der Waals surface area contributed by atoms with Gasteiger partial charge in [-0.25, -0.2) is 0 Å². The summed E-state index contributed by atoms with van der Waals surface area (Å²) in [5.74, 6) is 0. The Balaban J connectivity index is 1.89. The monoisotopic (exact) mass is 308 g/mol. The Bertz CT molecular complexity index is 956. The van der Waals surface area contributed by atoms with E-state index in [0.717, 1.165) is 22.6 Å². The first-order valence-electron chi connectivity index (χ1n) is 8.07. The predicted molar refractivity (Wildman–Crippen MR) is 103 cm³/mol. The van der Waals surface area contributed by atoms with Crippen molar-refractivity contribution in [1.29, 1.82) is 0 Å². The molecule has 0 bridgehead atoms. The van der Waals surface area contributed by atoms with Gasteiger partial charge in [-0.1, -0.05) is 60.7 Å². The van der Waals surface area contributed by atoms with Gasteiger partial charge in [-0.3, -0.25) is 0 Å². The fourth-order valence-corrected chi connectivity index (χ4v) is 2.99. The van der Waals surface area contributed by atoms with Crippen molar-refractivity contribution in [1.82, 2.24) is 0 Å². The number of nitrogens with zero attached hydrogens (tertiary/aromatic N) is 1. The van der Waals surface area contributed by atoms with Crippen LogP contribution in [0.2, 0.25) is 0 Å². The SMILES string of the molecule is [CH2]c1ccc(N(c2ccccc2)c2ccc3ccccc3c2)cc1. The molecular formula is C23H18N. The molecule has 1 nitrogen and oxygen atoms in total. The molecule has 0 spiro atoms. The van der Waals surface area contributed by atoms with E-state index in [1.54, 1.807) is 0 Å². The Labute approximate surface area is 142 Å². The number of rotatable bonds is 3. The number of hydrogen-bond acceptors (Lipinski definition) is 1. The maximum atomic E-state index is 3.99. The summed E-state index contributed by atoms with van der Waals surface area (Å²) in [6.07, 6.45) is 0. The zero-order chi connectivity index (χ0) is 16.4. The minimum atomic E-state index is 1.02. The Morgan fingerprint density at radius 1 is 0.500 bits per heavy atom. The molecule has 4 aromatic carbocycles. The van der Waals surface area contributed by atoms with Gasteiger partial charge < -0.3 is 4.90 Å². The third kappa shape index (κ3) is 2.77. The summed E-state index contributed by atoms with van der Waals surface area (Å²) in [5, 5.41) is 2.49. The van der Waals surface area contributed by atoms with Crippen LogP contribution in [0.1, 0.15) is 5.56 Å². The van der Waals surface area contributed by atoms with Gasteiger partial charge >= 0.3 is 0 Å². The van der Waals surface area contributed by atoms with E-state index < -0.39 is 0 Å². The lowest BCUT2D eigenvalue weighted by Gasteiger charge is -2.25. The van der Waals surface area contributed by atoms with Crippen LogP contribution in [-0.4, -0.2) is 0 Å². The predicted octanol–water partition coefficient (Wildman–Crippen LogP) is 6.49. The fourth-order valence-electron chi connectivity index (χ4n) is 2.99. The number of fused-ring (bicyclic) bond motifs is 1. The van der Waals surface area contributed by atoms with Gasteiger partial charge in [0.15, 0.2) is 0 Å². The zero-order valence-corrected chi connectivity index (χ0v) is 13.4. The maximum absolute atomic E-state index is 3.99. The molecule has 0 amide bonds. The largest absolute Gasteiger partial charge is 0.310 e. The van der Waals surface area contributed by atoms with Crippen LogP contribution in [0.5, 0.6) is 0 Å². The van der Waals surface area contributed by atoms with E-state index in [9.17, 15) is 0 Å². The summed E-state index contributed by atoms with van der Waals surface area (Å²) >= 11 is 0. The van der Waals surface area contributed by atoms with Crippen LogP contribution in [0.4, 0.5) is 17.1 Å². The molecule has 0 aliphatic rings. The number of benzene rings is 4. The van der Waals surface area contributed by atoms with Gasteiger partial charge in [-0.15, -0.1) is 0 Å². The average molecular weight is 308 g/mol. The second kappa shape index (κ2) is 6.21. The second-order valence-corrected chi connectivity index (χ2v) is 5.87. The zero-order valence-electron chi connectivity index (χ0n) is 13.4. The van der Waals surface area contributed by atoms with E-state index in [-0.39, 0.29) is 0 Å². The van der Waals surface area contributed by atoms with Crippen molar-refractivity contribution in [3.8, 4) is 0 Å². The van der Waals surface area contributed by atoms with Gasteiger partial charge in [0.2, 0.25) is 0 Å². The van der Waals surface area contributed by atoms with Crippen LogP contribution in [-0.2, 0) is 0 Å². The Hall–Kier alpha value is -3.06. The Kier molecular flexibility index (Phi) is 3.76. The molecule has 1 radical (unpaired) electrons. The molecule has 115 valence electrons. The van der Waals surface area contributed by atoms with Gasteiger partial charge in [-0.2, -0.15) is 0 Å². The molecule has 0 atom stereocenters. The molecule has 0 unspecified atom stereocenters. The normalized spacial score (nSPS) is 10.7. The van der Waals surface area contributed by atoms with Gasteiger partial charge in [-0.05, 0) is 59.7 Å². The summed E-state index contributed by atoms with van der Waals surface area (Å²) in [6.45, 7) is 3.99. The van der Waals surface area contributed by atoms with Crippen LogP contribution in [0.3, 0.4) is 0 Å². The summed E-state index contributed by atoms with van der Waals surface area (Å²) in [4.78, 5) is 2.27. The fraction of sp³-hybridized carbons (Fsp3) is 0. The molecular weight excluding hydrogens is 290 g/mol. The number of para-hydroxylation sites is 1. The molecule has 1 heteroatoms. The summed E-state index contributed by atoms with van der Waals surface area (Å²) < 4.78 is 0. The maximum Gasteiger partial charge on any atom is 0.0468 e. The van der Waals surface area contributed by atoms with Crippen LogP contribution >= 0.6 is 0 Å². The van der Waals surface area contributed by atoms with Gasteiger partial charge in [0.25, 0.3) is 0 Å². The highest BCUT2D eigenvalue weighted by molar-refractivity contribution is 5.89. The van der Waals surface area contributed by atoms with Crippen molar-refractivity contribution in [2.45, 2.75) is 0 Å². The number of anilines is 3. The summed E-state index contributed by atoms with van der Waals surface area (Å²) in [7, 11) is 0. The Morgan fingerprint density at radius 3 is 1.83 bits per heavy atom. The molecule has 0 N–H and O–H groups in total. The van der Waals surface area contributed by atoms with E-state index in [2.05, 4.69) is 90.7 Å². The van der Waals surface area contributed by atoms with Crippen molar-refractivity contribution < 1.29 is 0 Å². The highest BCUT2D eigenvalue weighted by Gasteiger charge is 2.12. The average Bonchev–Trinajstić information content (AvgIpc) is 2.64. The molecule has 0 aromatic heterocycles. The Morgan fingerprint density at radius 2 is 1.08 bits per heavy atom. The molecule has 24 heavy (non-hydrogen) atoms. The first kappa shape index (κ1) is 14.5. The minimum absolute atomic E-state index is 1.02. The lowest BCUT2D eigenvalue weighted by atomic mass is 10.1. The minimum Gasteiger partial charge on any atom is -0.310 e. The van der Waals surface area contributed by atoms with Gasteiger partial charge in [0, 0.05) is 17.1 Å². The highest BCUT2D eigenvalue weighted by atomic mass is 15.1. The molecule has 4 aromatic rings. The van der Waals surface area contributed by atoms with Gasteiger partial charge in [0.1, 0.15) is 0 Å².